The zero-order valence-corrected chi connectivity index (χ0v) is 14.1. The summed E-state index contributed by atoms with van der Waals surface area (Å²) in [5.41, 5.74) is 1.60. The molecule has 3 heterocycles. The Kier molecular flexibility index (Phi) is 4.19. The molecule has 4 rings (SSSR count). The molecular formula is C13H17N7OS2. The zero-order valence-electron chi connectivity index (χ0n) is 12.5. The van der Waals surface area contributed by atoms with Gasteiger partial charge in [-0.1, -0.05) is 22.7 Å². The van der Waals surface area contributed by atoms with Crippen molar-refractivity contribution < 1.29 is 4.79 Å². The fourth-order valence-electron chi connectivity index (χ4n) is 2.54. The average molecular weight is 351 g/mol. The SMILES string of the molecule is O=C(CN1CCN(c2nnc(C3CC3)s2)CC1)Nc1nncs1. The van der Waals surface area contributed by atoms with Gasteiger partial charge in [-0.25, -0.2) is 0 Å². The summed E-state index contributed by atoms with van der Waals surface area (Å²) in [6, 6.07) is 0. The quantitative estimate of drug-likeness (QED) is 0.861. The summed E-state index contributed by atoms with van der Waals surface area (Å²) in [5.74, 6) is 0.619. The van der Waals surface area contributed by atoms with Crippen LogP contribution in [-0.2, 0) is 4.79 Å². The van der Waals surface area contributed by atoms with E-state index in [-0.39, 0.29) is 5.91 Å². The number of carbonyl (C=O) groups excluding carboxylic acids is 1. The fourth-order valence-corrected chi connectivity index (χ4v) is 4.06. The van der Waals surface area contributed by atoms with Gasteiger partial charge in [-0.2, -0.15) is 0 Å². The van der Waals surface area contributed by atoms with E-state index in [0.29, 0.717) is 17.6 Å². The molecule has 1 saturated carbocycles. The van der Waals surface area contributed by atoms with E-state index in [0.717, 1.165) is 31.3 Å². The first-order chi connectivity index (χ1) is 11.3. The van der Waals surface area contributed by atoms with Crippen molar-refractivity contribution in [3.05, 3.63) is 10.5 Å². The number of carbonyl (C=O) groups is 1. The van der Waals surface area contributed by atoms with Crippen LogP contribution in [0.15, 0.2) is 5.51 Å². The largest absolute Gasteiger partial charge is 0.344 e. The van der Waals surface area contributed by atoms with Crippen molar-refractivity contribution in [2.75, 3.05) is 42.9 Å². The lowest BCUT2D eigenvalue weighted by atomic mass is 10.3. The molecule has 0 bridgehead atoms. The summed E-state index contributed by atoms with van der Waals surface area (Å²) in [5, 5.41) is 21.7. The lowest BCUT2D eigenvalue weighted by Gasteiger charge is -2.33. The van der Waals surface area contributed by atoms with Crippen molar-refractivity contribution in [3.8, 4) is 0 Å². The van der Waals surface area contributed by atoms with Gasteiger partial charge in [-0.05, 0) is 12.8 Å². The fraction of sp³-hybridized carbons (Fsp3) is 0.615. The van der Waals surface area contributed by atoms with Crippen LogP contribution < -0.4 is 10.2 Å². The minimum atomic E-state index is -0.0397. The zero-order chi connectivity index (χ0) is 15.6. The molecule has 23 heavy (non-hydrogen) atoms. The number of piperazine rings is 1. The first kappa shape index (κ1) is 14.9. The lowest BCUT2D eigenvalue weighted by Crippen LogP contribution is -2.48. The standard InChI is InChI=1S/C13H17N7OS2/c21-10(15-12-17-14-8-22-12)7-19-3-5-20(6-4-19)13-18-16-11(23-13)9-1-2-9/h8-9H,1-7H2,(H,15,17,21). The second-order valence-electron chi connectivity index (χ2n) is 5.75. The third kappa shape index (κ3) is 3.65. The summed E-state index contributed by atoms with van der Waals surface area (Å²) in [6.07, 6.45) is 2.51. The summed E-state index contributed by atoms with van der Waals surface area (Å²) in [4.78, 5) is 16.4. The Morgan fingerprint density at radius 2 is 2.04 bits per heavy atom. The van der Waals surface area contributed by atoms with Gasteiger partial charge in [-0.3, -0.25) is 15.0 Å². The second kappa shape index (κ2) is 6.46. The molecule has 0 radical (unpaired) electrons. The predicted octanol–water partition coefficient (Wildman–Crippen LogP) is 1.03. The topological polar surface area (TPSA) is 87.1 Å². The van der Waals surface area contributed by atoms with Gasteiger partial charge in [0.1, 0.15) is 10.5 Å². The first-order valence-electron chi connectivity index (χ1n) is 7.64. The van der Waals surface area contributed by atoms with Crippen LogP contribution in [0, 0.1) is 0 Å². The van der Waals surface area contributed by atoms with E-state index in [2.05, 4.69) is 35.5 Å². The summed E-state index contributed by atoms with van der Waals surface area (Å²) in [6.45, 7) is 3.84. The third-order valence-electron chi connectivity index (χ3n) is 3.97. The maximum atomic E-state index is 12.0. The normalized spacial score (nSPS) is 19.0. The monoisotopic (exact) mass is 351 g/mol. The Hall–Kier alpha value is -1.65. The van der Waals surface area contributed by atoms with Gasteiger partial charge in [0.2, 0.25) is 16.2 Å². The van der Waals surface area contributed by atoms with Crippen LogP contribution in [-0.4, -0.2) is 63.9 Å². The molecule has 1 saturated heterocycles. The van der Waals surface area contributed by atoms with Crippen molar-refractivity contribution in [1.82, 2.24) is 25.3 Å². The number of anilines is 2. The number of rotatable bonds is 5. The Bertz CT molecular complexity index is 662. The molecule has 0 aromatic carbocycles. The molecule has 0 spiro atoms. The minimum Gasteiger partial charge on any atom is -0.344 e. The van der Waals surface area contributed by atoms with Crippen LogP contribution >= 0.6 is 22.7 Å². The highest BCUT2D eigenvalue weighted by Crippen LogP contribution is 2.42. The van der Waals surface area contributed by atoms with Crippen molar-refractivity contribution in [3.63, 3.8) is 0 Å². The molecule has 8 nitrogen and oxygen atoms in total. The van der Waals surface area contributed by atoms with Gasteiger partial charge < -0.3 is 4.90 Å². The molecule has 0 unspecified atom stereocenters. The maximum absolute atomic E-state index is 12.0. The van der Waals surface area contributed by atoms with Gasteiger partial charge in [0.15, 0.2) is 0 Å². The van der Waals surface area contributed by atoms with Gasteiger partial charge in [-0.15, -0.1) is 20.4 Å². The highest BCUT2D eigenvalue weighted by atomic mass is 32.1. The number of aromatic nitrogens is 4. The van der Waals surface area contributed by atoms with Gasteiger partial charge in [0.05, 0.1) is 6.54 Å². The van der Waals surface area contributed by atoms with Crippen molar-refractivity contribution in [1.29, 1.82) is 0 Å². The van der Waals surface area contributed by atoms with Crippen LogP contribution in [0.1, 0.15) is 23.8 Å². The van der Waals surface area contributed by atoms with Gasteiger partial charge in [0, 0.05) is 32.1 Å². The molecule has 1 aliphatic heterocycles. The van der Waals surface area contributed by atoms with E-state index in [1.807, 2.05) is 0 Å². The van der Waals surface area contributed by atoms with Crippen molar-refractivity contribution in [2.24, 2.45) is 0 Å². The molecule has 1 amide bonds. The van der Waals surface area contributed by atoms with E-state index in [4.69, 9.17) is 0 Å². The van der Waals surface area contributed by atoms with E-state index in [9.17, 15) is 4.79 Å². The van der Waals surface area contributed by atoms with Gasteiger partial charge >= 0.3 is 0 Å². The Balaban J connectivity index is 1.26. The molecule has 2 fully saturated rings. The number of amides is 1. The summed E-state index contributed by atoms with van der Waals surface area (Å²) in [7, 11) is 0. The second-order valence-corrected chi connectivity index (χ2v) is 7.57. The summed E-state index contributed by atoms with van der Waals surface area (Å²) >= 11 is 3.05. The number of hydrogen-bond donors (Lipinski definition) is 1. The van der Waals surface area contributed by atoms with E-state index in [1.165, 1.54) is 29.2 Å². The van der Waals surface area contributed by atoms with Crippen LogP contribution in [0.25, 0.3) is 0 Å². The Labute approximate surface area is 141 Å². The van der Waals surface area contributed by atoms with E-state index < -0.39 is 0 Å². The van der Waals surface area contributed by atoms with Crippen molar-refractivity contribution in [2.45, 2.75) is 18.8 Å². The molecule has 1 N–H and O–H groups in total. The van der Waals surface area contributed by atoms with Crippen LogP contribution in [0.3, 0.4) is 0 Å². The Morgan fingerprint density at radius 1 is 1.22 bits per heavy atom. The third-order valence-corrected chi connectivity index (χ3v) is 5.73. The highest BCUT2D eigenvalue weighted by molar-refractivity contribution is 7.15. The Morgan fingerprint density at radius 3 is 2.74 bits per heavy atom. The van der Waals surface area contributed by atoms with E-state index >= 15 is 0 Å². The number of nitrogens with one attached hydrogen (secondary N) is 1. The predicted molar refractivity (Wildman–Crippen MR) is 89.1 cm³/mol. The highest BCUT2D eigenvalue weighted by Gasteiger charge is 2.29. The van der Waals surface area contributed by atoms with Crippen LogP contribution in [0.2, 0.25) is 0 Å². The minimum absolute atomic E-state index is 0.0397. The molecular weight excluding hydrogens is 334 g/mol. The number of nitrogens with zero attached hydrogens (tertiary/aromatic N) is 6. The van der Waals surface area contributed by atoms with E-state index in [1.54, 1.807) is 16.8 Å². The average Bonchev–Trinajstić information content (AvgIpc) is 3.07. The van der Waals surface area contributed by atoms with Crippen LogP contribution in [0.5, 0.6) is 0 Å². The molecule has 2 aromatic rings. The maximum Gasteiger partial charge on any atom is 0.240 e. The summed E-state index contributed by atoms with van der Waals surface area (Å²) < 4.78 is 0. The van der Waals surface area contributed by atoms with Gasteiger partial charge in [0.25, 0.3) is 0 Å². The number of hydrogen-bond acceptors (Lipinski definition) is 9. The molecule has 122 valence electrons. The van der Waals surface area contributed by atoms with Crippen molar-refractivity contribution >= 4 is 38.8 Å². The lowest BCUT2D eigenvalue weighted by molar-refractivity contribution is -0.117. The molecule has 2 aromatic heterocycles. The molecule has 0 atom stereocenters. The van der Waals surface area contributed by atoms with Crippen LogP contribution in [0.4, 0.5) is 10.3 Å². The molecule has 1 aliphatic carbocycles. The molecule has 10 heteroatoms. The smallest absolute Gasteiger partial charge is 0.240 e. The molecule has 2 aliphatic rings. The first-order valence-corrected chi connectivity index (χ1v) is 9.34.